The highest BCUT2D eigenvalue weighted by Crippen LogP contribution is 2.49. The van der Waals surface area contributed by atoms with E-state index in [1.165, 1.54) is 44.5 Å². The van der Waals surface area contributed by atoms with Gasteiger partial charge >= 0.3 is 0 Å². The fraction of sp³-hybridized carbons (Fsp3) is 0.0698. The molecule has 1 aliphatic rings. The highest BCUT2D eigenvalue weighted by Gasteiger charge is 2.35. The molecule has 2 heteroatoms. The Morgan fingerprint density at radius 2 is 0.867 bits per heavy atom. The summed E-state index contributed by atoms with van der Waals surface area (Å²) in [4.78, 5) is 10.1. The van der Waals surface area contributed by atoms with Gasteiger partial charge in [0.05, 0.1) is 11.4 Å². The Kier molecular flexibility index (Phi) is 6.50. The van der Waals surface area contributed by atoms with Gasteiger partial charge in [0.25, 0.3) is 0 Å². The van der Waals surface area contributed by atoms with Gasteiger partial charge in [0.15, 0.2) is 5.82 Å². The number of aromatic nitrogens is 2. The van der Waals surface area contributed by atoms with Crippen LogP contribution in [0.4, 0.5) is 0 Å². The molecule has 1 heterocycles. The van der Waals surface area contributed by atoms with Crippen LogP contribution < -0.4 is 0 Å². The van der Waals surface area contributed by atoms with Crippen molar-refractivity contribution in [2.24, 2.45) is 0 Å². The standard InChI is InChI=1S/C43H32N2/c1-43(2)38-19-10-9-18-36(38)37-25-24-34(27-39(37)43)30-20-22-31(23-21-30)40-28-41(45-42(44-40)32-14-7-4-8-15-32)35-17-11-16-33(26-35)29-12-5-3-6-13-29/h3-28H,1-2H3. The molecule has 0 radical (unpaired) electrons. The highest BCUT2D eigenvalue weighted by molar-refractivity contribution is 5.84. The summed E-state index contributed by atoms with van der Waals surface area (Å²) in [5.74, 6) is 0.720. The van der Waals surface area contributed by atoms with Crippen molar-refractivity contribution < 1.29 is 0 Å². The van der Waals surface area contributed by atoms with Crippen LogP contribution in [0.5, 0.6) is 0 Å². The van der Waals surface area contributed by atoms with Gasteiger partial charge in [-0.3, -0.25) is 0 Å². The van der Waals surface area contributed by atoms with Crippen molar-refractivity contribution in [2.45, 2.75) is 19.3 Å². The number of hydrogen-bond acceptors (Lipinski definition) is 2. The van der Waals surface area contributed by atoms with Crippen molar-refractivity contribution in [3.8, 4) is 67.3 Å². The Morgan fingerprint density at radius 3 is 1.62 bits per heavy atom. The normalized spacial score (nSPS) is 12.8. The third-order valence-corrected chi connectivity index (χ3v) is 9.12. The Balaban J connectivity index is 1.18. The molecule has 6 aromatic carbocycles. The summed E-state index contributed by atoms with van der Waals surface area (Å²) in [5, 5.41) is 0. The minimum atomic E-state index is -0.0229. The molecule has 0 amide bonds. The molecule has 0 bridgehead atoms. The first-order valence-electron chi connectivity index (χ1n) is 15.5. The molecule has 1 aromatic heterocycles. The summed E-state index contributed by atoms with van der Waals surface area (Å²) in [5.41, 5.74) is 15.2. The lowest BCUT2D eigenvalue weighted by Gasteiger charge is -2.22. The maximum atomic E-state index is 5.06. The summed E-state index contributed by atoms with van der Waals surface area (Å²) in [6.07, 6.45) is 0. The topological polar surface area (TPSA) is 25.8 Å². The smallest absolute Gasteiger partial charge is 0.160 e. The minimum absolute atomic E-state index is 0.0229. The van der Waals surface area contributed by atoms with Crippen molar-refractivity contribution in [3.63, 3.8) is 0 Å². The molecule has 0 aliphatic heterocycles. The molecule has 8 rings (SSSR count). The summed E-state index contributed by atoms with van der Waals surface area (Å²) in [6.45, 7) is 4.66. The van der Waals surface area contributed by atoms with Crippen LogP contribution in [0, 0.1) is 0 Å². The molecule has 45 heavy (non-hydrogen) atoms. The van der Waals surface area contributed by atoms with Crippen LogP contribution in [0.3, 0.4) is 0 Å². The number of hydrogen-bond donors (Lipinski definition) is 0. The fourth-order valence-corrected chi connectivity index (χ4v) is 6.67. The first kappa shape index (κ1) is 27.0. The average molecular weight is 577 g/mol. The second kappa shape index (κ2) is 10.8. The molecular formula is C43H32N2. The third-order valence-electron chi connectivity index (χ3n) is 9.12. The van der Waals surface area contributed by atoms with E-state index in [0.29, 0.717) is 0 Å². The summed E-state index contributed by atoms with van der Waals surface area (Å²) >= 11 is 0. The maximum Gasteiger partial charge on any atom is 0.160 e. The molecule has 2 nitrogen and oxygen atoms in total. The first-order chi connectivity index (χ1) is 22.0. The number of rotatable bonds is 5. The molecule has 0 N–H and O–H groups in total. The zero-order valence-electron chi connectivity index (χ0n) is 25.4. The Labute approximate surface area is 264 Å². The first-order valence-corrected chi connectivity index (χ1v) is 15.5. The van der Waals surface area contributed by atoms with Gasteiger partial charge in [0.1, 0.15) is 0 Å². The molecule has 0 saturated carbocycles. The quantitative estimate of drug-likeness (QED) is 0.204. The number of fused-ring (bicyclic) bond motifs is 3. The van der Waals surface area contributed by atoms with Gasteiger partial charge in [0, 0.05) is 22.1 Å². The van der Waals surface area contributed by atoms with Crippen molar-refractivity contribution >= 4 is 0 Å². The van der Waals surface area contributed by atoms with Crippen molar-refractivity contribution in [3.05, 3.63) is 169 Å². The van der Waals surface area contributed by atoms with E-state index < -0.39 is 0 Å². The van der Waals surface area contributed by atoms with E-state index in [-0.39, 0.29) is 5.41 Å². The van der Waals surface area contributed by atoms with Gasteiger partial charge in [-0.1, -0.05) is 153 Å². The molecule has 214 valence electrons. The highest BCUT2D eigenvalue weighted by atomic mass is 14.9. The third kappa shape index (κ3) is 4.85. The Bertz CT molecular complexity index is 2160. The predicted octanol–water partition coefficient (Wildman–Crippen LogP) is 11.1. The van der Waals surface area contributed by atoms with Gasteiger partial charge in [0.2, 0.25) is 0 Å². The molecule has 1 aliphatic carbocycles. The van der Waals surface area contributed by atoms with E-state index in [2.05, 4.69) is 147 Å². The van der Waals surface area contributed by atoms with E-state index in [9.17, 15) is 0 Å². The SMILES string of the molecule is CC1(C)c2ccccc2-c2ccc(-c3ccc(-c4cc(-c5cccc(-c6ccccc6)c5)nc(-c5ccccc5)n4)cc3)cc21. The lowest BCUT2D eigenvalue weighted by atomic mass is 9.81. The second-order valence-corrected chi connectivity index (χ2v) is 12.3. The van der Waals surface area contributed by atoms with Crippen LogP contribution in [-0.4, -0.2) is 9.97 Å². The van der Waals surface area contributed by atoms with Gasteiger partial charge < -0.3 is 0 Å². The predicted molar refractivity (Wildman–Crippen MR) is 187 cm³/mol. The Hall–Kier alpha value is -5.60. The zero-order chi connectivity index (χ0) is 30.4. The molecule has 0 saturated heterocycles. The monoisotopic (exact) mass is 576 g/mol. The van der Waals surface area contributed by atoms with Crippen LogP contribution in [0.25, 0.3) is 67.3 Å². The van der Waals surface area contributed by atoms with Gasteiger partial charge in [-0.25, -0.2) is 9.97 Å². The zero-order valence-corrected chi connectivity index (χ0v) is 25.4. The fourth-order valence-electron chi connectivity index (χ4n) is 6.67. The van der Waals surface area contributed by atoms with E-state index in [1.54, 1.807) is 0 Å². The largest absolute Gasteiger partial charge is 0.228 e. The second-order valence-electron chi connectivity index (χ2n) is 12.3. The molecule has 0 atom stereocenters. The van der Waals surface area contributed by atoms with E-state index in [0.717, 1.165) is 33.9 Å². The van der Waals surface area contributed by atoms with Crippen LogP contribution in [0.1, 0.15) is 25.0 Å². The van der Waals surface area contributed by atoms with Crippen molar-refractivity contribution in [2.75, 3.05) is 0 Å². The molecule has 7 aromatic rings. The lowest BCUT2D eigenvalue weighted by Crippen LogP contribution is -2.14. The van der Waals surface area contributed by atoms with Crippen LogP contribution in [0.2, 0.25) is 0 Å². The van der Waals surface area contributed by atoms with Gasteiger partial charge in [-0.05, 0) is 62.7 Å². The summed E-state index contributed by atoms with van der Waals surface area (Å²) in [7, 11) is 0. The Morgan fingerprint density at radius 1 is 0.356 bits per heavy atom. The van der Waals surface area contributed by atoms with Crippen LogP contribution >= 0.6 is 0 Å². The summed E-state index contributed by atoms with van der Waals surface area (Å²) < 4.78 is 0. The molecular weight excluding hydrogens is 544 g/mol. The summed E-state index contributed by atoms with van der Waals surface area (Å²) in [6, 6.07) is 55.9. The van der Waals surface area contributed by atoms with E-state index in [4.69, 9.17) is 9.97 Å². The molecule has 0 spiro atoms. The maximum absolute atomic E-state index is 5.06. The minimum Gasteiger partial charge on any atom is -0.228 e. The molecule has 0 fully saturated rings. The van der Waals surface area contributed by atoms with Crippen molar-refractivity contribution in [1.82, 2.24) is 9.97 Å². The number of benzene rings is 6. The van der Waals surface area contributed by atoms with Gasteiger partial charge in [-0.15, -0.1) is 0 Å². The van der Waals surface area contributed by atoms with Crippen LogP contribution in [0.15, 0.2) is 158 Å². The van der Waals surface area contributed by atoms with E-state index in [1.807, 2.05) is 24.3 Å². The van der Waals surface area contributed by atoms with Crippen LogP contribution in [-0.2, 0) is 5.41 Å². The van der Waals surface area contributed by atoms with E-state index >= 15 is 0 Å². The lowest BCUT2D eigenvalue weighted by molar-refractivity contribution is 0.660. The van der Waals surface area contributed by atoms with Crippen molar-refractivity contribution in [1.29, 1.82) is 0 Å². The average Bonchev–Trinajstić information content (AvgIpc) is 3.34. The molecule has 0 unspecified atom stereocenters. The number of nitrogens with zero attached hydrogens (tertiary/aromatic N) is 2. The van der Waals surface area contributed by atoms with Gasteiger partial charge in [-0.2, -0.15) is 0 Å².